The minimum atomic E-state index is 0.934. The van der Waals surface area contributed by atoms with Gasteiger partial charge in [0.1, 0.15) is 5.40 Å². The Morgan fingerprint density at radius 2 is 2.29 bits per heavy atom. The van der Waals surface area contributed by atoms with Crippen LogP contribution < -0.4 is 0 Å². The zero-order chi connectivity index (χ0) is 10.8. The van der Waals surface area contributed by atoms with Crippen molar-refractivity contribution in [2.45, 2.75) is 6.42 Å². The molecule has 3 heteroatoms. The van der Waals surface area contributed by atoms with E-state index in [9.17, 15) is 0 Å². The molecular formula is C11H14N2S. The van der Waals surface area contributed by atoms with Crippen molar-refractivity contribution >= 4 is 12.6 Å². The van der Waals surface area contributed by atoms with Crippen molar-refractivity contribution in [3.05, 3.63) is 49.4 Å². The molecule has 0 N–H and O–H groups in total. The number of hydrogen-bond donors (Lipinski definition) is 1. The van der Waals surface area contributed by atoms with Crippen molar-refractivity contribution in [3.63, 3.8) is 0 Å². The Kier molecular flexibility index (Phi) is 7.39. The van der Waals surface area contributed by atoms with Gasteiger partial charge in [-0.25, -0.2) is 0 Å². The van der Waals surface area contributed by atoms with E-state index in [2.05, 4.69) is 37.9 Å². The molecule has 1 heterocycles. The van der Waals surface area contributed by atoms with Gasteiger partial charge < -0.3 is 4.90 Å². The Labute approximate surface area is 90.9 Å². The van der Waals surface area contributed by atoms with E-state index in [1.165, 1.54) is 11.0 Å². The van der Waals surface area contributed by atoms with Crippen LogP contribution in [-0.4, -0.2) is 11.4 Å². The first kappa shape index (κ1) is 12.6. The van der Waals surface area contributed by atoms with E-state index in [-0.39, 0.29) is 0 Å². The quantitative estimate of drug-likeness (QED) is 0.437. The van der Waals surface area contributed by atoms with E-state index < -0.39 is 0 Å². The summed E-state index contributed by atoms with van der Waals surface area (Å²) >= 11 is 3.09. The van der Waals surface area contributed by atoms with E-state index in [4.69, 9.17) is 5.26 Å². The molecule has 0 bridgehead atoms. The smallest absolute Gasteiger partial charge is 0.130 e. The van der Waals surface area contributed by atoms with E-state index in [0.717, 1.165) is 13.0 Å². The fraction of sp³-hybridized carbons (Fsp3) is 0.182. The first-order valence-corrected chi connectivity index (χ1v) is 4.62. The van der Waals surface area contributed by atoms with Crippen LogP contribution in [0.3, 0.4) is 0 Å². The normalized spacial score (nSPS) is 13.1. The van der Waals surface area contributed by atoms with Crippen molar-refractivity contribution in [2.75, 3.05) is 6.54 Å². The topological polar surface area (TPSA) is 27.0 Å². The van der Waals surface area contributed by atoms with Crippen molar-refractivity contribution in [1.82, 2.24) is 4.90 Å². The van der Waals surface area contributed by atoms with Crippen molar-refractivity contribution in [3.8, 4) is 5.40 Å². The van der Waals surface area contributed by atoms with Crippen LogP contribution in [0.15, 0.2) is 49.4 Å². The van der Waals surface area contributed by atoms with Gasteiger partial charge in [0.15, 0.2) is 0 Å². The molecule has 0 unspecified atom stereocenters. The Balaban J connectivity index is 0.000000500. The summed E-state index contributed by atoms with van der Waals surface area (Å²) in [6, 6.07) is 0. The maximum Gasteiger partial charge on any atom is 0.130 e. The first-order chi connectivity index (χ1) is 6.78. The van der Waals surface area contributed by atoms with Gasteiger partial charge in [-0.05, 0) is 24.3 Å². The van der Waals surface area contributed by atoms with Gasteiger partial charge in [0.2, 0.25) is 0 Å². The lowest BCUT2D eigenvalue weighted by atomic mass is 10.1. The summed E-state index contributed by atoms with van der Waals surface area (Å²) in [6.45, 7) is 8.30. The Bertz CT molecular complexity index is 284. The highest BCUT2D eigenvalue weighted by molar-refractivity contribution is 7.85. The summed E-state index contributed by atoms with van der Waals surface area (Å²) in [6.07, 6.45) is 11.0. The first-order valence-electron chi connectivity index (χ1n) is 4.18. The van der Waals surface area contributed by atoms with Gasteiger partial charge in [-0.15, -0.1) is 6.58 Å². The lowest BCUT2D eigenvalue weighted by molar-refractivity contribution is 0.558. The van der Waals surface area contributed by atoms with E-state index in [1.54, 1.807) is 0 Å². The second-order valence-electron chi connectivity index (χ2n) is 2.57. The third-order valence-electron chi connectivity index (χ3n) is 1.66. The predicted octanol–water partition coefficient (Wildman–Crippen LogP) is 2.86. The van der Waals surface area contributed by atoms with Gasteiger partial charge in [0.05, 0.1) is 0 Å². The molecule has 0 amide bonds. The van der Waals surface area contributed by atoms with Crippen LogP contribution in [0.5, 0.6) is 0 Å². The summed E-state index contributed by atoms with van der Waals surface area (Å²) < 4.78 is 0. The molecule has 0 aliphatic carbocycles. The molecule has 1 rings (SSSR count). The lowest BCUT2D eigenvalue weighted by Gasteiger charge is -2.16. The highest BCUT2D eigenvalue weighted by Crippen LogP contribution is 2.10. The molecule has 0 radical (unpaired) electrons. The zero-order valence-corrected chi connectivity index (χ0v) is 8.95. The van der Waals surface area contributed by atoms with Gasteiger partial charge in [-0.1, -0.05) is 31.4 Å². The number of nitriles is 1. The van der Waals surface area contributed by atoms with Crippen LogP contribution in [0, 0.1) is 10.7 Å². The number of allylic oxidation sites excluding steroid dienone is 3. The van der Waals surface area contributed by atoms with Crippen molar-refractivity contribution in [2.24, 2.45) is 0 Å². The molecule has 1 aliphatic heterocycles. The molecule has 0 fully saturated rings. The molecule has 74 valence electrons. The SMILES string of the molecule is C=CCC1=CCN(C=C)C=C1.N#CS. The van der Waals surface area contributed by atoms with Crippen LogP contribution in [0.2, 0.25) is 0 Å². The molecule has 0 spiro atoms. The van der Waals surface area contributed by atoms with Crippen LogP contribution in [0.4, 0.5) is 0 Å². The largest absolute Gasteiger partial charge is 0.351 e. The molecule has 0 aromatic carbocycles. The average Bonchev–Trinajstić information content (AvgIpc) is 2.21. The number of rotatable bonds is 3. The van der Waals surface area contributed by atoms with Gasteiger partial charge in [-0.3, -0.25) is 0 Å². The molecular weight excluding hydrogens is 192 g/mol. The molecule has 0 saturated heterocycles. The highest BCUT2D eigenvalue weighted by atomic mass is 32.1. The molecule has 14 heavy (non-hydrogen) atoms. The monoisotopic (exact) mass is 206 g/mol. The fourth-order valence-corrected chi connectivity index (χ4v) is 0.996. The summed E-state index contributed by atoms with van der Waals surface area (Å²) in [7, 11) is 0. The van der Waals surface area contributed by atoms with Gasteiger partial charge >= 0.3 is 0 Å². The maximum absolute atomic E-state index is 7.18. The molecule has 0 atom stereocenters. The zero-order valence-electron chi connectivity index (χ0n) is 8.06. The second-order valence-corrected chi connectivity index (χ2v) is 2.77. The third kappa shape index (κ3) is 5.28. The standard InChI is InChI=1S/C10H13N.CHNS/c1-3-5-10-6-8-11(4-2)9-7-10;2-1-3/h3-4,6-8H,1-2,5,9H2;3H. The molecule has 0 aromatic heterocycles. The summed E-state index contributed by atoms with van der Waals surface area (Å²) in [5.41, 5.74) is 1.33. The van der Waals surface area contributed by atoms with E-state index in [0.29, 0.717) is 0 Å². The predicted molar refractivity (Wildman–Crippen MR) is 63.5 cm³/mol. The Morgan fingerprint density at radius 1 is 1.64 bits per heavy atom. The summed E-state index contributed by atoms with van der Waals surface area (Å²) in [4.78, 5) is 2.03. The van der Waals surface area contributed by atoms with Crippen LogP contribution in [0.25, 0.3) is 0 Å². The Hall–Kier alpha value is -1.40. The van der Waals surface area contributed by atoms with Gasteiger partial charge in [0, 0.05) is 12.7 Å². The number of thiocyanates is 1. The van der Waals surface area contributed by atoms with Crippen LogP contribution >= 0.6 is 12.6 Å². The average molecular weight is 206 g/mol. The fourth-order valence-electron chi connectivity index (χ4n) is 0.996. The van der Waals surface area contributed by atoms with Crippen molar-refractivity contribution < 1.29 is 0 Å². The third-order valence-corrected chi connectivity index (χ3v) is 1.66. The van der Waals surface area contributed by atoms with E-state index in [1.807, 2.05) is 23.4 Å². The van der Waals surface area contributed by atoms with Gasteiger partial charge in [-0.2, -0.15) is 5.26 Å². The highest BCUT2D eigenvalue weighted by Gasteiger charge is 1.98. The van der Waals surface area contributed by atoms with Gasteiger partial charge in [0.25, 0.3) is 0 Å². The van der Waals surface area contributed by atoms with Crippen molar-refractivity contribution in [1.29, 1.82) is 5.26 Å². The van der Waals surface area contributed by atoms with Crippen LogP contribution in [-0.2, 0) is 0 Å². The van der Waals surface area contributed by atoms with E-state index >= 15 is 0 Å². The molecule has 1 aliphatic rings. The number of thiol groups is 1. The Morgan fingerprint density at radius 3 is 2.64 bits per heavy atom. The molecule has 2 nitrogen and oxygen atoms in total. The lowest BCUT2D eigenvalue weighted by Crippen LogP contribution is -2.11. The molecule has 0 saturated carbocycles. The number of nitrogens with zero attached hydrogens (tertiary/aromatic N) is 2. The minimum absolute atomic E-state index is 0.934. The number of hydrogen-bond acceptors (Lipinski definition) is 3. The maximum atomic E-state index is 7.18. The summed E-state index contributed by atoms with van der Waals surface area (Å²) in [5.74, 6) is 0. The summed E-state index contributed by atoms with van der Waals surface area (Å²) in [5, 5.41) is 8.63. The second kappa shape index (κ2) is 8.21. The molecule has 0 aromatic rings. The minimum Gasteiger partial charge on any atom is -0.351 e. The van der Waals surface area contributed by atoms with Crippen LogP contribution in [0.1, 0.15) is 6.42 Å².